The lowest BCUT2D eigenvalue weighted by atomic mass is 10.1. The average molecular weight is 300 g/mol. The molecule has 1 N–H and O–H groups in total. The fourth-order valence-corrected chi connectivity index (χ4v) is 1.87. The molecular formula is C17H20N2O3. The van der Waals surface area contributed by atoms with Gasteiger partial charge in [-0.15, -0.1) is 0 Å². The zero-order valence-corrected chi connectivity index (χ0v) is 13.2. The second kappa shape index (κ2) is 6.47. The van der Waals surface area contributed by atoms with Gasteiger partial charge in [-0.3, -0.25) is 5.32 Å². The Labute approximate surface area is 130 Å². The Kier molecular flexibility index (Phi) is 4.65. The Morgan fingerprint density at radius 1 is 1.09 bits per heavy atom. The van der Waals surface area contributed by atoms with E-state index in [0.29, 0.717) is 5.82 Å². The monoisotopic (exact) mass is 300 g/mol. The van der Waals surface area contributed by atoms with E-state index in [1.54, 1.807) is 19.4 Å². The number of hydrogen-bond donors (Lipinski definition) is 1. The lowest BCUT2D eigenvalue weighted by Crippen LogP contribution is -2.27. The van der Waals surface area contributed by atoms with E-state index in [1.807, 2.05) is 51.1 Å². The molecule has 0 aliphatic rings. The molecule has 0 fully saturated rings. The number of anilines is 1. The first-order valence-corrected chi connectivity index (χ1v) is 6.98. The van der Waals surface area contributed by atoms with Crippen LogP contribution in [-0.2, 0) is 4.74 Å². The smallest absolute Gasteiger partial charge is 0.413 e. The van der Waals surface area contributed by atoms with E-state index >= 15 is 0 Å². The number of nitrogens with one attached hydrogen (secondary N) is 1. The van der Waals surface area contributed by atoms with Crippen LogP contribution in [0.15, 0.2) is 42.6 Å². The van der Waals surface area contributed by atoms with Crippen molar-refractivity contribution < 1.29 is 14.3 Å². The number of benzene rings is 1. The third-order valence-electron chi connectivity index (χ3n) is 2.81. The molecule has 22 heavy (non-hydrogen) atoms. The Bertz CT molecular complexity index is 646. The van der Waals surface area contributed by atoms with E-state index < -0.39 is 11.7 Å². The van der Waals surface area contributed by atoms with E-state index in [2.05, 4.69) is 10.3 Å². The minimum atomic E-state index is -0.544. The van der Waals surface area contributed by atoms with Crippen LogP contribution < -0.4 is 10.1 Å². The molecule has 0 atom stereocenters. The molecule has 1 aromatic heterocycles. The molecular weight excluding hydrogens is 280 g/mol. The van der Waals surface area contributed by atoms with Gasteiger partial charge in [-0.2, -0.15) is 0 Å². The number of carbonyl (C=O) groups is 1. The number of methoxy groups -OCH3 is 1. The molecule has 0 saturated heterocycles. The van der Waals surface area contributed by atoms with Gasteiger partial charge in [-0.25, -0.2) is 9.78 Å². The molecule has 0 aliphatic heterocycles. The first-order chi connectivity index (χ1) is 10.4. The number of aromatic nitrogens is 1. The Morgan fingerprint density at radius 2 is 1.77 bits per heavy atom. The molecule has 116 valence electrons. The third kappa shape index (κ3) is 4.48. The maximum Gasteiger partial charge on any atom is 0.413 e. The summed E-state index contributed by atoms with van der Waals surface area (Å²) in [5.74, 6) is 1.24. The van der Waals surface area contributed by atoms with Crippen LogP contribution in [0.2, 0.25) is 0 Å². The number of nitrogens with zero attached hydrogens (tertiary/aromatic N) is 1. The Hall–Kier alpha value is -2.56. The van der Waals surface area contributed by atoms with Gasteiger partial charge in [0, 0.05) is 6.20 Å². The summed E-state index contributed by atoms with van der Waals surface area (Å²) < 4.78 is 10.4. The number of amides is 1. The van der Waals surface area contributed by atoms with Gasteiger partial charge in [0.15, 0.2) is 0 Å². The minimum absolute atomic E-state index is 0.447. The van der Waals surface area contributed by atoms with Gasteiger partial charge < -0.3 is 9.47 Å². The second-order valence-electron chi connectivity index (χ2n) is 5.79. The van der Waals surface area contributed by atoms with Gasteiger partial charge in [0.1, 0.15) is 17.2 Å². The summed E-state index contributed by atoms with van der Waals surface area (Å²) in [4.78, 5) is 15.9. The number of ether oxygens (including phenoxy) is 2. The van der Waals surface area contributed by atoms with Gasteiger partial charge in [0.05, 0.1) is 7.11 Å². The summed E-state index contributed by atoms with van der Waals surface area (Å²) in [6, 6.07) is 11.3. The van der Waals surface area contributed by atoms with Crippen LogP contribution in [0.4, 0.5) is 10.6 Å². The molecule has 1 heterocycles. The molecule has 0 unspecified atom stereocenters. The minimum Gasteiger partial charge on any atom is -0.497 e. The molecule has 0 saturated carbocycles. The van der Waals surface area contributed by atoms with E-state index in [4.69, 9.17) is 9.47 Å². The molecule has 2 rings (SSSR count). The Balaban J connectivity index is 2.14. The summed E-state index contributed by atoms with van der Waals surface area (Å²) in [6.07, 6.45) is 1.12. The van der Waals surface area contributed by atoms with E-state index in [1.165, 1.54) is 0 Å². The zero-order valence-electron chi connectivity index (χ0n) is 13.2. The van der Waals surface area contributed by atoms with Gasteiger partial charge in [0.25, 0.3) is 0 Å². The predicted molar refractivity (Wildman–Crippen MR) is 86.1 cm³/mol. The normalized spacial score (nSPS) is 10.9. The molecule has 0 aliphatic carbocycles. The first kappa shape index (κ1) is 15.8. The van der Waals surface area contributed by atoms with E-state index in [-0.39, 0.29) is 0 Å². The summed E-state index contributed by atoms with van der Waals surface area (Å²) in [7, 11) is 1.63. The number of carbonyl (C=O) groups excluding carboxylic acids is 1. The molecule has 0 bridgehead atoms. The molecule has 5 nitrogen and oxygen atoms in total. The second-order valence-corrected chi connectivity index (χ2v) is 5.79. The molecule has 2 aromatic rings. The zero-order chi connectivity index (χ0) is 16.2. The van der Waals surface area contributed by atoms with Crippen molar-refractivity contribution >= 4 is 11.9 Å². The number of pyridine rings is 1. The van der Waals surface area contributed by atoms with Crippen LogP contribution in [0, 0.1) is 0 Å². The number of rotatable bonds is 3. The van der Waals surface area contributed by atoms with Crippen LogP contribution in [0.25, 0.3) is 11.1 Å². The van der Waals surface area contributed by atoms with Gasteiger partial charge in [-0.1, -0.05) is 12.1 Å². The van der Waals surface area contributed by atoms with Crippen LogP contribution in [0.3, 0.4) is 0 Å². The van der Waals surface area contributed by atoms with Crippen molar-refractivity contribution in [3.63, 3.8) is 0 Å². The van der Waals surface area contributed by atoms with E-state index in [0.717, 1.165) is 16.9 Å². The highest BCUT2D eigenvalue weighted by Crippen LogP contribution is 2.23. The van der Waals surface area contributed by atoms with Crippen molar-refractivity contribution in [2.45, 2.75) is 26.4 Å². The van der Waals surface area contributed by atoms with Crippen molar-refractivity contribution in [2.24, 2.45) is 0 Å². The molecule has 0 spiro atoms. The molecule has 1 amide bonds. The topological polar surface area (TPSA) is 60.5 Å². The predicted octanol–water partition coefficient (Wildman–Crippen LogP) is 4.10. The maximum absolute atomic E-state index is 11.8. The summed E-state index contributed by atoms with van der Waals surface area (Å²) in [5, 5.41) is 2.63. The SMILES string of the molecule is COc1ccc(-c2ccnc(NC(=O)OC(C)(C)C)c2)cc1. The van der Waals surface area contributed by atoms with Crippen molar-refractivity contribution in [1.82, 2.24) is 4.98 Å². The van der Waals surface area contributed by atoms with Crippen LogP contribution in [0.5, 0.6) is 5.75 Å². The van der Waals surface area contributed by atoms with Crippen LogP contribution >= 0.6 is 0 Å². The first-order valence-electron chi connectivity index (χ1n) is 6.98. The Morgan fingerprint density at radius 3 is 2.36 bits per heavy atom. The highest BCUT2D eigenvalue weighted by atomic mass is 16.6. The fraction of sp³-hybridized carbons (Fsp3) is 0.294. The maximum atomic E-state index is 11.8. The van der Waals surface area contributed by atoms with Crippen molar-refractivity contribution in [2.75, 3.05) is 12.4 Å². The standard InChI is InChI=1S/C17H20N2O3/c1-17(2,3)22-16(20)19-15-11-13(9-10-18-15)12-5-7-14(21-4)8-6-12/h5-11H,1-4H3,(H,18,19,20). The lowest BCUT2D eigenvalue weighted by molar-refractivity contribution is 0.0635. The molecule has 1 aromatic carbocycles. The van der Waals surface area contributed by atoms with Gasteiger partial charge in [0.2, 0.25) is 0 Å². The summed E-state index contributed by atoms with van der Waals surface area (Å²) in [6.45, 7) is 5.44. The molecule has 0 radical (unpaired) electrons. The fourth-order valence-electron chi connectivity index (χ4n) is 1.87. The van der Waals surface area contributed by atoms with Crippen LogP contribution in [-0.4, -0.2) is 23.8 Å². The third-order valence-corrected chi connectivity index (χ3v) is 2.81. The summed E-state index contributed by atoms with van der Waals surface area (Å²) in [5.41, 5.74) is 1.41. The van der Waals surface area contributed by atoms with Gasteiger partial charge in [-0.05, 0) is 56.2 Å². The van der Waals surface area contributed by atoms with Crippen molar-refractivity contribution in [3.8, 4) is 16.9 Å². The molecule has 5 heteroatoms. The van der Waals surface area contributed by atoms with Crippen molar-refractivity contribution in [3.05, 3.63) is 42.6 Å². The van der Waals surface area contributed by atoms with E-state index in [9.17, 15) is 4.79 Å². The lowest BCUT2D eigenvalue weighted by Gasteiger charge is -2.19. The summed E-state index contributed by atoms with van der Waals surface area (Å²) >= 11 is 0. The highest BCUT2D eigenvalue weighted by molar-refractivity contribution is 5.84. The largest absolute Gasteiger partial charge is 0.497 e. The number of hydrogen-bond acceptors (Lipinski definition) is 4. The van der Waals surface area contributed by atoms with Gasteiger partial charge >= 0.3 is 6.09 Å². The average Bonchev–Trinajstić information content (AvgIpc) is 2.45. The van der Waals surface area contributed by atoms with Crippen LogP contribution in [0.1, 0.15) is 20.8 Å². The quantitative estimate of drug-likeness (QED) is 0.927. The van der Waals surface area contributed by atoms with Crippen molar-refractivity contribution in [1.29, 1.82) is 0 Å². The highest BCUT2D eigenvalue weighted by Gasteiger charge is 2.16.